The second kappa shape index (κ2) is 6.44. The number of benzene rings is 1. The molecular formula is C8H8FNaO4S. The molecule has 0 heterocycles. The number of halogens is 1. The number of hydrogen-bond acceptors (Lipinski definition) is 4. The van der Waals surface area contributed by atoms with Crippen LogP contribution in [0.3, 0.4) is 0 Å². The van der Waals surface area contributed by atoms with Crippen molar-refractivity contribution < 1.29 is 52.2 Å². The fraction of sp³-hybridized carbons (Fsp3) is 0.250. The summed E-state index contributed by atoms with van der Waals surface area (Å²) >= 11 is -2.62. The molecule has 78 valence electrons. The molecule has 7 heteroatoms. The van der Waals surface area contributed by atoms with Crippen LogP contribution in [-0.2, 0) is 11.1 Å². The first-order valence-electron chi connectivity index (χ1n) is 3.61. The van der Waals surface area contributed by atoms with Crippen LogP contribution in [0.1, 0.15) is 0 Å². The predicted octanol–water partition coefficient (Wildman–Crippen LogP) is -1.92. The van der Waals surface area contributed by atoms with E-state index in [1.165, 1.54) is 14.2 Å². The molecule has 1 aromatic rings. The third kappa shape index (κ3) is 3.42. The van der Waals surface area contributed by atoms with Gasteiger partial charge in [-0.15, -0.1) is 0 Å². The quantitative estimate of drug-likeness (QED) is 0.458. The molecule has 15 heavy (non-hydrogen) atoms. The Morgan fingerprint density at radius 1 is 1.27 bits per heavy atom. The van der Waals surface area contributed by atoms with Gasteiger partial charge in [0.2, 0.25) is 0 Å². The van der Waals surface area contributed by atoms with E-state index in [4.69, 9.17) is 9.47 Å². The van der Waals surface area contributed by atoms with Crippen molar-refractivity contribution in [3.8, 4) is 11.5 Å². The van der Waals surface area contributed by atoms with Crippen LogP contribution < -0.4 is 39.0 Å². The second-order valence-corrected chi connectivity index (χ2v) is 3.28. The first-order valence-corrected chi connectivity index (χ1v) is 4.68. The average Bonchev–Trinajstić information content (AvgIpc) is 2.16. The third-order valence-electron chi connectivity index (χ3n) is 1.62. The minimum Gasteiger partial charge on any atom is -0.768 e. The van der Waals surface area contributed by atoms with Crippen LogP contribution in [0.15, 0.2) is 17.0 Å². The van der Waals surface area contributed by atoms with Crippen molar-refractivity contribution in [2.45, 2.75) is 4.90 Å². The van der Waals surface area contributed by atoms with Gasteiger partial charge in [0.1, 0.15) is 5.82 Å². The molecule has 4 nitrogen and oxygen atoms in total. The molecule has 0 amide bonds. The van der Waals surface area contributed by atoms with Gasteiger partial charge in [-0.05, 0) is 11.1 Å². The number of methoxy groups -OCH3 is 2. The van der Waals surface area contributed by atoms with Crippen LogP contribution in [0, 0.1) is 5.82 Å². The van der Waals surface area contributed by atoms with Gasteiger partial charge in [0.15, 0.2) is 11.5 Å². The van der Waals surface area contributed by atoms with E-state index in [0.717, 1.165) is 12.1 Å². The van der Waals surface area contributed by atoms with E-state index < -0.39 is 21.8 Å². The number of rotatable bonds is 3. The monoisotopic (exact) mass is 242 g/mol. The van der Waals surface area contributed by atoms with Crippen LogP contribution in [0.4, 0.5) is 4.39 Å². The zero-order valence-electron chi connectivity index (χ0n) is 8.57. The Hall–Kier alpha value is -0.140. The molecule has 0 saturated carbocycles. The molecule has 1 rings (SSSR count). The fourth-order valence-electron chi connectivity index (χ4n) is 0.963. The van der Waals surface area contributed by atoms with Gasteiger partial charge in [0.25, 0.3) is 0 Å². The molecule has 0 N–H and O–H groups in total. The summed E-state index contributed by atoms with van der Waals surface area (Å²) in [7, 11) is 2.68. The van der Waals surface area contributed by atoms with Crippen LogP contribution in [0.25, 0.3) is 0 Å². The predicted molar refractivity (Wildman–Crippen MR) is 46.7 cm³/mol. The molecule has 0 aromatic heterocycles. The van der Waals surface area contributed by atoms with Crippen molar-refractivity contribution >= 4 is 11.1 Å². The van der Waals surface area contributed by atoms with Crippen molar-refractivity contribution in [3.05, 3.63) is 17.9 Å². The maximum absolute atomic E-state index is 13.1. The van der Waals surface area contributed by atoms with Gasteiger partial charge in [-0.1, -0.05) is 0 Å². The van der Waals surface area contributed by atoms with Gasteiger partial charge in [-0.25, -0.2) is 4.39 Å². The molecule has 1 unspecified atom stereocenters. The van der Waals surface area contributed by atoms with E-state index >= 15 is 0 Å². The van der Waals surface area contributed by atoms with Gasteiger partial charge in [-0.2, -0.15) is 0 Å². The van der Waals surface area contributed by atoms with E-state index in [1.807, 2.05) is 0 Å². The van der Waals surface area contributed by atoms with Gasteiger partial charge in [0.05, 0.1) is 19.1 Å². The fourth-order valence-corrected chi connectivity index (χ4v) is 1.38. The van der Waals surface area contributed by atoms with Crippen molar-refractivity contribution in [1.29, 1.82) is 0 Å². The summed E-state index contributed by atoms with van der Waals surface area (Å²) in [5, 5.41) is 0. The van der Waals surface area contributed by atoms with Gasteiger partial charge in [0, 0.05) is 12.1 Å². The summed E-state index contributed by atoms with van der Waals surface area (Å²) in [4.78, 5) is -0.442. The van der Waals surface area contributed by atoms with Crippen LogP contribution in [0.2, 0.25) is 0 Å². The van der Waals surface area contributed by atoms with Crippen molar-refractivity contribution in [2.24, 2.45) is 0 Å². The molecule has 0 aliphatic rings. The minimum absolute atomic E-state index is 0. The minimum atomic E-state index is -2.62. The second-order valence-electron chi connectivity index (χ2n) is 2.37. The van der Waals surface area contributed by atoms with Crippen LogP contribution >= 0.6 is 0 Å². The molecule has 0 aliphatic carbocycles. The zero-order chi connectivity index (χ0) is 10.7. The molecule has 1 atom stereocenters. The molecule has 0 radical (unpaired) electrons. The average molecular weight is 242 g/mol. The van der Waals surface area contributed by atoms with E-state index in [-0.39, 0.29) is 41.1 Å². The van der Waals surface area contributed by atoms with E-state index in [1.54, 1.807) is 0 Å². The zero-order valence-corrected chi connectivity index (χ0v) is 11.4. The Kier molecular flexibility index (Phi) is 6.38. The van der Waals surface area contributed by atoms with Crippen molar-refractivity contribution in [2.75, 3.05) is 14.2 Å². The van der Waals surface area contributed by atoms with Gasteiger partial charge < -0.3 is 14.0 Å². The van der Waals surface area contributed by atoms with E-state index in [9.17, 15) is 13.2 Å². The maximum atomic E-state index is 13.1. The molecule has 0 fully saturated rings. The summed E-state index contributed by atoms with van der Waals surface area (Å²) in [6.07, 6.45) is 0. The molecule has 0 bridgehead atoms. The molecular weight excluding hydrogens is 234 g/mol. The Morgan fingerprint density at radius 2 is 1.73 bits per heavy atom. The SMILES string of the molecule is COc1cc(F)c(S(=O)[O-])cc1OC.[Na+]. The standard InChI is InChI=1S/C8H9FO4S.Na/c1-12-6-3-5(9)8(14(10)11)4-7(6)13-2;/h3-4H,1-2H3,(H,10,11);/q;+1/p-1. The summed E-state index contributed by atoms with van der Waals surface area (Å²) in [6, 6.07) is 2.03. The molecule has 0 spiro atoms. The Labute approximate surface area is 111 Å². The van der Waals surface area contributed by atoms with Crippen molar-refractivity contribution in [1.82, 2.24) is 0 Å². The Morgan fingerprint density at radius 3 is 2.13 bits per heavy atom. The largest absolute Gasteiger partial charge is 1.00 e. The first-order chi connectivity index (χ1) is 6.60. The number of ether oxygens (including phenoxy) is 2. The summed E-state index contributed by atoms with van der Waals surface area (Å²) in [5.41, 5.74) is 0. The van der Waals surface area contributed by atoms with E-state index in [2.05, 4.69) is 0 Å². The third-order valence-corrected chi connectivity index (χ3v) is 2.29. The summed E-state index contributed by atoms with van der Waals surface area (Å²) in [6.45, 7) is 0. The summed E-state index contributed by atoms with van der Waals surface area (Å²) < 4.78 is 43.8. The molecule has 1 aromatic carbocycles. The molecule has 0 saturated heterocycles. The van der Waals surface area contributed by atoms with E-state index in [0.29, 0.717) is 0 Å². The van der Waals surface area contributed by atoms with Gasteiger partial charge in [-0.3, -0.25) is 4.21 Å². The Balaban J connectivity index is 0.00000196. The Bertz CT molecular complexity index is 372. The normalized spacial score (nSPS) is 11.5. The first kappa shape index (κ1) is 14.9. The van der Waals surface area contributed by atoms with Gasteiger partial charge >= 0.3 is 29.6 Å². The molecule has 0 aliphatic heterocycles. The summed E-state index contributed by atoms with van der Waals surface area (Å²) in [5.74, 6) is -0.539. The number of hydrogen-bond donors (Lipinski definition) is 0. The topological polar surface area (TPSA) is 58.6 Å². The van der Waals surface area contributed by atoms with Crippen LogP contribution in [0.5, 0.6) is 11.5 Å². The van der Waals surface area contributed by atoms with Crippen LogP contribution in [-0.4, -0.2) is 23.0 Å². The smallest absolute Gasteiger partial charge is 0.768 e. The van der Waals surface area contributed by atoms with Crippen molar-refractivity contribution in [3.63, 3.8) is 0 Å². The maximum Gasteiger partial charge on any atom is 1.00 e.